The smallest absolute Gasteiger partial charge is 0.241 e. The van der Waals surface area contributed by atoms with Gasteiger partial charge in [0, 0.05) is 16.6 Å². The van der Waals surface area contributed by atoms with Crippen LogP contribution in [-0.4, -0.2) is 29.8 Å². The molecular formula is C20H25N3O2. The number of amides is 1. The summed E-state index contributed by atoms with van der Waals surface area (Å²) in [6.45, 7) is 0.929. The predicted octanol–water partition coefficient (Wildman–Crippen LogP) is 3.48. The maximum absolute atomic E-state index is 12.8. The summed E-state index contributed by atoms with van der Waals surface area (Å²) in [5.74, 6) is 1.21. The molecule has 2 atom stereocenters. The first-order chi connectivity index (χ1) is 12.2. The summed E-state index contributed by atoms with van der Waals surface area (Å²) in [6.07, 6.45) is 8.38. The van der Waals surface area contributed by atoms with Crippen LogP contribution < -0.4 is 10.6 Å². The molecule has 132 valence electrons. The van der Waals surface area contributed by atoms with Crippen molar-refractivity contribution < 1.29 is 9.59 Å². The third-order valence-corrected chi connectivity index (χ3v) is 5.84. The lowest BCUT2D eigenvalue weighted by molar-refractivity contribution is -0.119. The van der Waals surface area contributed by atoms with E-state index in [1.165, 1.54) is 32.1 Å². The van der Waals surface area contributed by atoms with Crippen LogP contribution in [-0.2, 0) is 4.79 Å². The van der Waals surface area contributed by atoms with Crippen LogP contribution in [0.5, 0.6) is 0 Å². The second-order valence-corrected chi connectivity index (χ2v) is 7.42. The van der Waals surface area contributed by atoms with Gasteiger partial charge in [-0.2, -0.15) is 0 Å². The van der Waals surface area contributed by atoms with Gasteiger partial charge in [-0.05, 0) is 49.1 Å². The number of aromatic nitrogens is 1. The Morgan fingerprint density at radius 1 is 1.12 bits per heavy atom. The molecule has 4 rings (SSSR count). The predicted molar refractivity (Wildman–Crippen MR) is 98.8 cm³/mol. The van der Waals surface area contributed by atoms with E-state index in [4.69, 9.17) is 0 Å². The largest absolute Gasteiger partial charge is 0.352 e. The molecule has 1 aliphatic carbocycles. The first-order valence-electron chi connectivity index (χ1n) is 9.37. The number of carbonyl (C=O) groups is 2. The molecule has 2 fully saturated rings. The van der Waals surface area contributed by atoms with E-state index in [1.54, 1.807) is 6.07 Å². The Balaban J connectivity index is 1.47. The van der Waals surface area contributed by atoms with Crippen LogP contribution in [0.4, 0.5) is 5.69 Å². The van der Waals surface area contributed by atoms with Gasteiger partial charge >= 0.3 is 0 Å². The molecule has 2 aliphatic rings. The fourth-order valence-corrected chi connectivity index (χ4v) is 4.60. The van der Waals surface area contributed by atoms with E-state index in [0.29, 0.717) is 17.5 Å². The van der Waals surface area contributed by atoms with Crippen molar-refractivity contribution in [1.82, 2.24) is 10.3 Å². The van der Waals surface area contributed by atoms with E-state index < -0.39 is 0 Å². The van der Waals surface area contributed by atoms with E-state index in [9.17, 15) is 9.59 Å². The molecule has 5 heteroatoms. The molecule has 0 spiro atoms. The molecule has 1 amide bonds. The highest BCUT2D eigenvalue weighted by Crippen LogP contribution is 2.36. The fourth-order valence-electron chi connectivity index (χ4n) is 4.60. The number of H-pyrrole nitrogens is 1. The molecule has 0 bridgehead atoms. The minimum absolute atomic E-state index is 0.0681. The Morgan fingerprint density at radius 2 is 1.96 bits per heavy atom. The molecular weight excluding hydrogens is 314 g/mol. The van der Waals surface area contributed by atoms with Crippen LogP contribution >= 0.6 is 0 Å². The van der Waals surface area contributed by atoms with Crippen LogP contribution in [0.2, 0.25) is 0 Å². The molecule has 25 heavy (non-hydrogen) atoms. The van der Waals surface area contributed by atoms with Crippen molar-refractivity contribution in [2.75, 3.05) is 11.9 Å². The number of hydrogen-bond donors (Lipinski definition) is 3. The van der Waals surface area contributed by atoms with E-state index >= 15 is 0 Å². The summed E-state index contributed by atoms with van der Waals surface area (Å²) in [5, 5.41) is 7.41. The Bertz CT molecular complexity index is 776. The van der Waals surface area contributed by atoms with Gasteiger partial charge in [0.05, 0.1) is 11.7 Å². The highest BCUT2D eigenvalue weighted by Gasteiger charge is 2.38. The van der Waals surface area contributed by atoms with Gasteiger partial charge in [0.2, 0.25) is 5.91 Å². The first kappa shape index (κ1) is 16.3. The monoisotopic (exact) mass is 339 g/mol. The van der Waals surface area contributed by atoms with Gasteiger partial charge in [-0.1, -0.05) is 32.1 Å². The molecule has 1 saturated carbocycles. The summed E-state index contributed by atoms with van der Waals surface area (Å²) in [7, 11) is 0. The molecule has 0 radical (unpaired) electrons. The molecule has 1 aliphatic heterocycles. The highest BCUT2D eigenvalue weighted by atomic mass is 16.2. The maximum atomic E-state index is 12.8. The second kappa shape index (κ2) is 7.00. The third kappa shape index (κ3) is 3.33. The van der Waals surface area contributed by atoms with Gasteiger partial charge < -0.3 is 15.6 Å². The van der Waals surface area contributed by atoms with Crippen molar-refractivity contribution in [3.8, 4) is 0 Å². The zero-order valence-electron chi connectivity index (χ0n) is 14.4. The molecule has 1 saturated heterocycles. The quantitative estimate of drug-likeness (QED) is 0.747. The Hall–Kier alpha value is -2.14. The van der Waals surface area contributed by atoms with Gasteiger partial charge in [0.25, 0.3) is 0 Å². The molecule has 2 unspecified atom stereocenters. The average molecular weight is 339 g/mol. The topological polar surface area (TPSA) is 74.0 Å². The van der Waals surface area contributed by atoms with Crippen molar-refractivity contribution in [3.05, 3.63) is 30.0 Å². The van der Waals surface area contributed by atoms with Crippen LogP contribution in [0.3, 0.4) is 0 Å². The van der Waals surface area contributed by atoms with Crippen LogP contribution in [0.25, 0.3) is 10.9 Å². The summed E-state index contributed by atoms with van der Waals surface area (Å²) in [4.78, 5) is 26.8. The zero-order chi connectivity index (χ0) is 17.2. The number of fused-ring (bicyclic) bond motifs is 1. The van der Waals surface area contributed by atoms with Crippen LogP contribution in [0, 0.1) is 11.8 Å². The normalized spacial score (nSPS) is 24.5. The number of rotatable bonds is 4. The lowest BCUT2D eigenvalue weighted by Crippen LogP contribution is -2.42. The minimum Gasteiger partial charge on any atom is -0.352 e. The molecule has 1 aromatic heterocycles. The SMILES string of the molecule is O=Cc1cc2cc(NC(=O)C3NCCC3C3CCCCC3)ccc2[nH]1. The van der Waals surface area contributed by atoms with E-state index in [0.717, 1.165) is 35.8 Å². The zero-order valence-corrected chi connectivity index (χ0v) is 14.4. The van der Waals surface area contributed by atoms with Gasteiger partial charge in [-0.25, -0.2) is 0 Å². The number of carbonyl (C=O) groups excluding carboxylic acids is 2. The number of nitrogens with one attached hydrogen (secondary N) is 3. The van der Waals surface area contributed by atoms with Crippen molar-refractivity contribution >= 4 is 28.8 Å². The van der Waals surface area contributed by atoms with E-state index in [1.807, 2.05) is 18.2 Å². The maximum Gasteiger partial charge on any atom is 0.241 e. The number of aromatic amines is 1. The van der Waals surface area contributed by atoms with Crippen molar-refractivity contribution in [2.24, 2.45) is 11.8 Å². The van der Waals surface area contributed by atoms with Crippen molar-refractivity contribution in [1.29, 1.82) is 0 Å². The summed E-state index contributed by atoms with van der Waals surface area (Å²) in [5.41, 5.74) is 2.23. The molecule has 2 aromatic rings. The van der Waals surface area contributed by atoms with Crippen LogP contribution in [0.15, 0.2) is 24.3 Å². The van der Waals surface area contributed by atoms with Gasteiger partial charge in [0.1, 0.15) is 0 Å². The number of hydrogen-bond acceptors (Lipinski definition) is 3. The Kier molecular flexibility index (Phi) is 4.57. The number of benzene rings is 1. The average Bonchev–Trinajstić information content (AvgIpc) is 3.28. The van der Waals surface area contributed by atoms with Gasteiger partial charge in [-0.15, -0.1) is 0 Å². The standard InChI is InChI=1S/C20H25N3O2/c24-12-16-11-14-10-15(6-7-18(14)22-16)23-20(25)19-17(8-9-21-19)13-4-2-1-3-5-13/h6-7,10-13,17,19,21-22H,1-5,8-9H2,(H,23,25). The molecule has 2 heterocycles. The van der Waals surface area contributed by atoms with Gasteiger partial charge in [-0.3, -0.25) is 9.59 Å². The first-order valence-corrected chi connectivity index (χ1v) is 9.37. The third-order valence-electron chi connectivity index (χ3n) is 5.84. The Labute approximate surface area is 147 Å². The molecule has 5 nitrogen and oxygen atoms in total. The summed E-state index contributed by atoms with van der Waals surface area (Å²) >= 11 is 0. The van der Waals surface area contributed by atoms with Crippen molar-refractivity contribution in [3.63, 3.8) is 0 Å². The number of anilines is 1. The van der Waals surface area contributed by atoms with Gasteiger partial charge in [0.15, 0.2) is 6.29 Å². The molecule has 3 N–H and O–H groups in total. The van der Waals surface area contributed by atoms with E-state index in [-0.39, 0.29) is 11.9 Å². The highest BCUT2D eigenvalue weighted by molar-refractivity contribution is 5.98. The Morgan fingerprint density at radius 3 is 2.76 bits per heavy atom. The summed E-state index contributed by atoms with van der Waals surface area (Å²) < 4.78 is 0. The summed E-state index contributed by atoms with van der Waals surface area (Å²) in [6, 6.07) is 7.42. The van der Waals surface area contributed by atoms with Crippen molar-refractivity contribution in [2.45, 2.75) is 44.6 Å². The van der Waals surface area contributed by atoms with E-state index in [2.05, 4.69) is 15.6 Å². The lowest BCUT2D eigenvalue weighted by atomic mass is 9.76. The second-order valence-electron chi connectivity index (χ2n) is 7.42. The minimum atomic E-state index is -0.0874. The lowest BCUT2D eigenvalue weighted by Gasteiger charge is -2.30. The number of aldehydes is 1. The fraction of sp³-hybridized carbons (Fsp3) is 0.500. The van der Waals surface area contributed by atoms with Crippen LogP contribution in [0.1, 0.15) is 49.0 Å². The molecule has 1 aromatic carbocycles.